The number of hydrogen-bond acceptors (Lipinski definition) is 6. The van der Waals surface area contributed by atoms with Crippen LogP contribution in [-0.2, 0) is 11.2 Å². The van der Waals surface area contributed by atoms with Gasteiger partial charge in [-0.25, -0.2) is 4.68 Å². The maximum atomic E-state index is 12.7. The van der Waals surface area contributed by atoms with Crippen molar-refractivity contribution in [1.82, 2.24) is 40.9 Å². The summed E-state index contributed by atoms with van der Waals surface area (Å²) in [4.78, 5) is 12.7. The van der Waals surface area contributed by atoms with Crippen molar-refractivity contribution >= 4 is 5.91 Å². The van der Waals surface area contributed by atoms with Gasteiger partial charge in [-0.2, -0.15) is 15.4 Å². The highest BCUT2D eigenvalue weighted by molar-refractivity contribution is 5.83. The van der Waals surface area contributed by atoms with Crippen molar-refractivity contribution in [3.05, 3.63) is 53.6 Å². The topological polar surface area (TPSA) is 114 Å². The number of aryl methyl sites for hydroxylation is 1. The first-order valence-corrected chi connectivity index (χ1v) is 7.17. The molecule has 9 heteroatoms. The largest absolute Gasteiger partial charge is 0.354 e. The first-order valence-electron chi connectivity index (χ1n) is 7.17. The smallest absolute Gasteiger partial charge is 0.249 e. The molecule has 2 heterocycles. The lowest BCUT2D eigenvalue weighted by molar-refractivity contribution is -0.123. The van der Waals surface area contributed by atoms with Gasteiger partial charge in [0.1, 0.15) is 5.82 Å². The van der Waals surface area contributed by atoms with Crippen LogP contribution < -0.4 is 5.32 Å². The number of aromatic nitrogens is 7. The molecule has 0 bridgehead atoms. The van der Waals surface area contributed by atoms with Crippen molar-refractivity contribution < 1.29 is 4.79 Å². The summed E-state index contributed by atoms with van der Waals surface area (Å²) >= 11 is 0. The number of carbonyl (C=O) groups excluding carboxylic acids is 1. The second-order valence-electron chi connectivity index (χ2n) is 4.99. The zero-order valence-electron chi connectivity index (χ0n) is 12.5. The number of carbonyl (C=O) groups is 1. The number of hydrogen-bond donors (Lipinski definition) is 2. The van der Waals surface area contributed by atoms with E-state index in [0.29, 0.717) is 18.8 Å². The van der Waals surface area contributed by atoms with Crippen molar-refractivity contribution in [3.8, 4) is 0 Å². The van der Waals surface area contributed by atoms with Gasteiger partial charge in [-0.3, -0.25) is 4.79 Å². The van der Waals surface area contributed by atoms with E-state index in [9.17, 15) is 4.79 Å². The van der Waals surface area contributed by atoms with Crippen LogP contribution >= 0.6 is 0 Å². The summed E-state index contributed by atoms with van der Waals surface area (Å²) < 4.78 is 1.51. The SMILES string of the molecule is Cc1nnnn1[C@@H](C(=O)NCCc1cn[nH]n1)c1ccccc1. The number of benzene rings is 1. The van der Waals surface area contributed by atoms with Crippen LogP contribution in [0.25, 0.3) is 0 Å². The van der Waals surface area contributed by atoms with Crippen molar-refractivity contribution in [3.63, 3.8) is 0 Å². The molecule has 0 aliphatic rings. The molecule has 118 valence electrons. The van der Waals surface area contributed by atoms with Crippen molar-refractivity contribution in [2.45, 2.75) is 19.4 Å². The van der Waals surface area contributed by atoms with Gasteiger partial charge in [0, 0.05) is 13.0 Å². The molecule has 0 unspecified atom stereocenters. The minimum atomic E-state index is -0.608. The average molecular weight is 312 g/mol. The normalized spacial score (nSPS) is 12.0. The second-order valence-corrected chi connectivity index (χ2v) is 4.99. The molecule has 2 N–H and O–H groups in total. The molecule has 0 aliphatic carbocycles. The standard InChI is InChI=1S/C14H16N8O/c1-10-17-20-21-22(10)13(11-5-3-2-4-6-11)14(23)15-8-7-12-9-16-19-18-12/h2-6,9,13H,7-8H2,1H3,(H,15,23)(H,16,18,19)/t13-/m1/s1. The minimum Gasteiger partial charge on any atom is -0.354 e. The van der Waals surface area contributed by atoms with Crippen molar-refractivity contribution in [2.24, 2.45) is 0 Å². The van der Waals surface area contributed by atoms with E-state index in [1.165, 1.54) is 4.68 Å². The maximum Gasteiger partial charge on any atom is 0.249 e. The van der Waals surface area contributed by atoms with Crippen molar-refractivity contribution in [1.29, 1.82) is 0 Å². The molecule has 23 heavy (non-hydrogen) atoms. The molecule has 3 rings (SSSR count). The van der Waals surface area contributed by atoms with E-state index in [-0.39, 0.29) is 5.91 Å². The second kappa shape index (κ2) is 6.77. The van der Waals surface area contributed by atoms with Crippen LogP contribution in [0, 0.1) is 6.92 Å². The van der Waals surface area contributed by atoms with E-state index >= 15 is 0 Å². The summed E-state index contributed by atoms with van der Waals surface area (Å²) in [5.41, 5.74) is 1.61. The van der Waals surface area contributed by atoms with E-state index in [4.69, 9.17) is 0 Å². The molecule has 0 fully saturated rings. The lowest BCUT2D eigenvalue weighted by Gasteiger charge is -2.17. The Balaban J connectivity index is 1.75. The van der Waals surface area contributed by atoms with Gasteiger partial charge in [-0.05, 0) is 22.9 Å². The summed E-state index contributed by atoms with van der Waals surface area (Å²) in [6.45, 7) is 2.22. The third kappa shape index (κ3) is 3.39. The average Bonchev–Trinajstić information content (AvgIpc) is 3.21. The number of aromatic amines is 1. The first-order chi connectivity index (χ1) is 11.3. The lowest BCUT2D eigenvalue weighted by atomic mass is 10.1. The van der Waals surface area contributed by atoms with Gasteiger partial charge in [-0.15, -0.1) is 5.10 Å². The van der Waals surface area contributed by atoms with Gasteiger partial charge < -0.3 is 5.32 Å². The summed E-state index contributed by atoms with van der Waals surface area (Å²) in [6, 6.07) is 8.81. The predicted molar refractivity (Wildman–Crippen MR) is 80.2 cm³/mol. The molecule has 0 radical (unpaired) electrons. The van der Waals surface area contributed by atoms with E-state index < -0.39 is 6.04 Å². The van der Waals surface area contributed by atoms with Gasteiger partial charge in [0.2, 0.25) is 5.91 Å². The Morgan fingerprint density at radius 1 is 1.35 bits per heavy atom. The summed E-state index contributed by atoms with van der Waals surface area (Å²) in [7, 11) is 0. The fraction of sp³-hybridized carbons (Fsp3) is 0.286. The number of amides is 1. The number of nitrogens with one attached hydrogen (secondary N) is 2. The van der Waals surface area contributed by atoms with Gasteiger partial charge in [0.05, 0.1) is 11.9 Å². The molecule has 1 atom stereocenters. The Morgan fingerprint density at radius 2 is 2.17 bits per heavy atom. The molecule has 0 aliphatic heterocycles. The van der Waals surface area contributed by atoms with Crippen LogP contribution in [0.15, 0.2) is 36.5 Å². The molecule has 0 spiro atoms. The van der Waals surface area contributed by atoms with E-state index in [1.807, 2.05) is 30.3 Å². The van der Waals surface area contributed by atoms with E-state index in [1.54, 1.807) is 13.1 Å². The highest BCUT2D eigenvalue weighted by Crippen LogP contribution is 2.18. The Bertz CT molecular complexity index is 752. The molecule has 1 aromatic carbocycles. The summed E-state index contributed by atoms with van der Waals surface area (Å²) in [5, 5.41) is 24.6. The zero-order valence-corrected chi connectivity index (χ0v) is 12.5. The Labute approximate surface area is 132 Å². The minimum absolute atomic E-state index is 0.171. The number of tetrazole rings is 1. The van der Waals surface area contributed by atoms with E-state index in [0.717, 1.165) is 11.3 Å². The molecule has 0 saturated carbocycles. The predicted octanol–water partition coefficient (Wildman–Crippen LogP) is 0.0479. The Kier molecular flexibility index (Phi) is 4.37. The third-order valence-corrected chi connectivity index (χ3v) is 3.41. The fourth-order valence-corrected chi connectivity index (χ4v) is 2.27. The number of rotatable bonds is 6. The summed E-state index contributed by atoms with van der Waals surface area (Å²) in [6.07, 6.45) is 2.23. The molecule has 0 saturated heterocycles. The van der Waals surface area contributed by atoms with Crippen LogP contribution in [0.5, 0.6) is 0 Å². The zero-order chi connectivity index (χ0) is 16.1. The molecule has 1 amide bonds. The molecular formula is C14H16N8O. The quantitative estimate of drug-likeness (QED) is 0.664. The first kappa shape index (κ1) is 14.8. The fourth-order valence-electron chi connectivity index (χ4n) is 2.27. The third-order valence-electron chi connectivity index (χ3n) is 3.41. The van der Waals surface area contributed by atoms with Crippen LogP contribution in [0.2, 0.25) is 0 Å². The number of H-pyrrole nitrogens is 1. The van der Waals surface area contributed by atoms with Gasteiger partial charge >= 0.3 is 0 Å². The summed E-state index contributed by atoms with van der Waals surface area (Å²) in [5.74, 6) is 0.403. The lowest BCUT2D eigenvalue weighted by Crippen LogP contribution is -2.35. The van der Waals surface area contributed by atoms with Crippen LogP contribution in [0.1, 0.15) is 23.1 Å². The Hall–Kier alpha value is -3.10. The van der Waals surface area contributed by atoms with Gasteiger partial charge in [0.15, 0.2) is 6.04 Å². The highest BCUT2D eigenvalue weighted by atomic mass is 16.2. The molecule has 3 aromatic rings. The van der Waals surface area contributed by atoms with Crippen LogP contribution in [-0.4, -0.2) is 48.1 Å². The van der Waals surface area contributed by atoms with Gasteiger partial charge in [-0.1, -0.05) is 30.3 Å². The number of nitrogens with zero attached hydrogens (tertiary/aromatic N) is 6. The monoisotopic (exact) mass is 312 g/mol. The van der Waals surface area contributed by atoms with E-state index in [2.05, 4.69) is 36.3 Å². The molecule has 9 nitrogen and oxygen atoms in total. The van der Waals surface area contributed by atoms with Gasteiger partial charge in [0.25, 0.3) is 0 Å². The Morgan fingerprint density at radius 3 is 2.83 bits per heavy atom. The molecule has 2 aromatic heterocycles. The van der Waals surface area contributed by atoms with Crippen LogP contribution in [0.3, 0.4) is 0 Å². The molecular weight excluding hydrogens is 296 g/mol. The van der Waals surface area contributed by atoms with Crippen molar-refractivity contribution in [2.75, 3.05) is 6.54 Å². The highest BCUT2D eigenvalue weighted by Gasteiger charge is 2.25. The van der Waals surface area contributed by atoms with Crippen LogP contribution in [0.4, 0.5) is 0 Å². The maximum absolute atomic E-state index is 12.7.